The van der Waals surface area contributed by atoms with Crippen LogP contribution in [0.4, 0.5) is 0 Å². The van der Waals surface area contributed by atoms with Gasteiger partial charge in [0.2, 0.25) is 0 Å². The maximum Gasteiger partial charge on any atom is 0.357 e. The van der Waals surface area contributed by atoms with Crippen LogP contribution < -0.4 is 0 Å². The second-order valence-corrected chi connectivity index (χ2v) is 3.83. The number of nitrogens with zero attached hydrogens (tertiary/aromatic N) is 1. The zero-order valence-corrected chi connectivity index (χ0v) is 9.69. The monoisotopic (exact) mass is 240 g/mol. The molecule has 0 unspecified atom stereocenters. The van der Waals surface area contributed by atoms with Gasteiger partial charge in [-0.25, -0.2) is 14.6 Å². The fourth-order valence-corrected chi connectivity index (χ4v) is 1.57. The number of aryl methyl sites for hydroxylation is 1. The number of carboxylic acids is 2. The van der Waals surface area contributed by atoms with Crippen LogP contribution in [0.5, 0.6) is 0 Å². The van der Waals surface area contributed by atoms with Gasteiger partial charge in [0.25, 0.3) is 0 Å². The van der Waals surface area contributed by atoms with E-state index in [-0.39, 0.29) is 5.69 Å². The Morgan fingerprint density at radius 1 is 1.18 bits per heavy atom. The molecule has 6 nitrogen and oxygen atoms in total. The number of aromatic carboxylic acids is 2. The van der Waals surface area contributed by atoms with Gasteiger partial charge in [-0.05, 0) is 6.42 Å². The van der Waals surface area contributed by atoms with Crippen LogP contribution in [0.2, 0.25) is 0 Å². The van der Waals surface area contributed by atoms with Crippen molar-refractivity contribution >= 4 is 11.9 Å². The van der Waals surface area contributed by atoms with Crippen LogP contribution in [-0.4, -0.2) is 32.1 Å². The van der Waals surface area contributed by atoms with E-state index in [9.17, 15) is 9.59 Å². The summed E-state index contributed by atoms with van der Waals surface area (Å²) in [6.07, 6.45) is 4.70. The Balaban J connectivity index is 2.71. The second-order valence-electron chi connectivity index (χ2n) is 3.83. The Morgan fingerprint density at radius 3 is 2.35 bits per heavy atom. The van der Waals surface area contributed by atoms with E-state index in [4.69, 9.17) is 10.2 Å². The number of H-pyrrole nitrogens is 1. The van der Waals surface area contributed by atoms with Crippen molar-refractivity contribution in [2.45, 2.75) is 39.0 Å². The van der Waals surface area contributed by atoms with Crippen molar-refractivity contribution in [1.29, 1.82) is 0 Å². The minimum atomic E-state index is -1.32. The number of carbonyl (C=O) groups is 2. The van der Waals surface area contributed by atoms with Crippen LogP contribution in [0.1, 0.15) is 59.4 Å². The van der Waals surface area contributed by atoms with Gasteiger partial charge in [0.05, 0.1) is 0 Å². The van der Waals surface area contributed by atoms with Crippen LogP contribution in [0.3, 0.4) is 0 Å². The molecule has 0 bridgehead atoms. The molecule has 0 fully saturated rings. The number of hydrogen-bond acceptors (Lipinski definition) is 3. The van der Waals surface area contributed by atoms with E-state index >= 15 is 0 Å². The third-order valence-electron chi connectivity index (χ3n) is 2.44. The molecule has 0 aromatic carbocycles. The quantitative estimate of drug-likeness (QED) is 0.632. The molecule has 0 aliphatic heterocycles. The standard InChI is InChI=1S/C11H16N2O4/c1-2-3-4-5-6-7-12-8(10(14)15)9(13-7)11(16)17/h2-6H2,1H3,(H,12,13)(H,14,15)(H,16,17). The fourth-order valence-electron chi connectivity index (χ4n) is 1.57. The smallest absolute Gasteiger partial charge is 0.357 e. The summed E-state index contributed by atoms with van der Waals surface area (Å²) in [5.74, 6) is -2.19. The molecule has 1 heterocycles. The van der Waals surface area contributed by atoms with Crippen LogP contribution in [0.15, 0.2) is 0 Å². The van der Waals surface area contributed by atoms with Crippen molar-refractivity contribution in [1.82, 2.24) is 9.97 Å². The molecule has 94 valence electrons. The first kappa shape index (κ1) is 13.2. The Hall–Kier alpha value is -1.85. The molecule has 6 heteroatoms. The number of aromatic amines is 1. The lowest BCUT2D eigenvalue weighted by molar-refractivity contribution is 0.0644. The van der Waals surface area contributed by atoms with E-state index in [1.165, 1.54) is 0 Å². The molecular formula is C11H16N2O4. The number of imidazole rings is 1. The van der Waals surface area contributed by atoms with E-state index in [1.54, 1.807) is 0 Å². The van der Waals surface area contributed by atoms with Gasteiger partial charge < -0.3 is 15.2 Å². The molecule has 0 amide bonds. The Morgan fingerprint density at radius 2 is 1.88 bits per heavy atom. The molecule has 17 heavy (non-hydrogen) atoms. The second kappa shape index (κ2) is 6.03. The lowest BCUT2D eigenvalue weighted by atomic mass is 10.1. The van der Waals surface area contributed by atoms with Crippen molar-refractivity contribution < 1.29 is 19.8 Å². The number of unbranched alkanes of at least 4 members (excludes halogenated alkanes) is 3. The minimum Gasteiger partial charge on any atom is -0.477 e. The Kier molecular flexibility index (Phi) is 4.68. The highest BCUT2D eigenvalue weighted by Crippen LogP contribution is 2.10. The van der Waals surface area contributed by atoms with Gasteiger partial charge in [-0.1, -0.05) is 26.2 Å². The van der Waals surface area contributed by atoms with Gasteiger partial charge in [-0.3, -0.25) is 0 Å². The number of nitrogens with one attached hydrogen (secondary N) is 1. The van der Waals surface area contributed by atoms with Gasteiger partial charge >= 0.3 is 11.9 Å². The summed E-state index contributed by atoms with van der Waals surface area (Å²) in [6, 6.07) is 0. The summed E-state index contributed by atoms with van der Waals surface area (Å²) in [5.41, 5.74) is -0.758. The van der Waals surface area contributed by atoms with Gasteiger partial charge in [-0.15, -0.1) is 0 Å². The number of hydrogen-bond donors (Lipinski definition) is 3. The highest BCUT2D eigenvalue weighted by atomic mass is 16.4. The van der Waals surface area contributed by atoms with Crippen molar-refractivity contribution in [2.24, 2.45) is 0 Å². The third-order valence-corrected chi connectivity index (χ3v) is 2.44. The first-order valence-corrected chi connectivity index (χ1v) is 5.61. The number of carboxylic acid groups (broad SMARTS) is 2. The fraction of sp³-hybridized carbons (Fsp3) is 0.545. The van der Waals surface area contributed by atoms with Gasteiger partial charge in [0.15, 0.2) is 11.4 Å². The summed E-state index contributed by atoms with van der Waals surface area (Å²) < 4.78 is 0. The molecule has 0 aliphatic carbocycles. The first-order chi connectivity index (χ1) is 8.06. The molecule has 0 atom stereocenters. The van der Waals surface area contributed by atoms with E-state index in [0.29, 0.717) is 12.2 Å². The molecule has 0 saturated carbocycles. The van der Waals surface area contributed by atoms with Gasteiger partial charge in [0, 0.05) is 6.42 Å². The predicted octanol–water partition coefficient (Wildman–Crippen LogP) is 1.93. The largest absolute Gasteiger partial charge is 0.477 e. The van der Waals surface area contributed by atoms with Crippen LogP contribution in [-0.2, 0) is 6.42 Å². The lowest BCUT2D eigenvalue weighted by Gasteiger charge is -1.96. The summed E-state index contributed by atoms with van der Waals surface area (Å²) in [4.78, 5) is 27.9. The van der Waals surface area contributed by atoms with Crippen LogP contribution in [0, 0.1) is 0 Å². The third kappa shape index (κ3) is 3.58. The molecular weight excluding hydrogens is 224 g/mol. The maximum absolute atomic E-state index is 10.8. The Labute approximate surface area is 98.7 Å². The van der Waals surface area contributed by atoms with Crippen LogP contribution >= 0.6 is 0 Å². The van der Waals surface area contributed by atoms with Gasteiger partial charge in [0.1, 0.15) is 5.82 Å². The highest BCUT2D eigenvalue weighted by molar-refractivity contribution is 5.98. The number of aromatic nitrogens is 2. The number of rotatable bonds is 7. The average Bonchev–Trinajstić information content (AvgIpc) is 2.69. The van der Waals surface area contributed by atoms with Crippen molar-refractivity contribution in [3.8, 4) is 0 Å². The molecule has 1 aromatic rings. The summed E-state index contributed by atoms with van der Waals surface area (Å²) >= 11 is 0. The van der Waals surface area contributed by atoms with Gasteiger partial charge in [-0.2, -0.15) is 0 Å². The highest BCUT2D eigenvalue weighted by Gasteiger charge is 2.21. The Bertz CT molecular complexity index is 380. The van der Waals surface area contributed by atoms with E-state index in [0.717, 1.165) is 25.7 Å². The summed E-state index contributed by atoms with van der Waals surface area (Å²) in [5, 5.41) is 17.6. The molecule has 0 spiro atoms. The molecule has 3 N–H and O–H groups in total. The summed E-state index contributed by atoms with van der Waals surface area (Å²) in [7, 11) is 0. The zero-order chi connectivity index (χ0) is 12.8. The SMILES string of the molecule is CCCCCCc1nc(C(=O)O)c(C(=O)O)[nH]1. The van der Waals surface area contributed by atoms with Crippen molar-refractivity contribution in [2.75, 3.05) is 0 Å². The topological polar surface area (TPSA) is 103 Å². The zero-order valence-electron chi connectivity index (χ0n) is 9.69. The summed E-state index contributed by atoms with van der Waals surface area (Å²) in [6.45, 7) is 2.10. The molecule has 1 aromatic heterocycles. The first-order valence-electron chi connectivity index (χ1n) is 5.61. The predicted molar refractivity (Wildman–Crippen MR) is 60.4 cm³/mol. The van der Waals surface area contributed by atoms with Crippen molar-refractivity contribution in [3.63, 3.8) is 0 Å². The maximum atomic E-state index is 10.8. The lowest BCUT2D eigenvalue weighted by Crippen LogP contribution is -2.07. The van der Waals surface area contributed by atoms with E-state index in [1.807, 2.05) is 0 Å². The molecule has 0 aliphatic rings. The molecule has 1 rings (SSSR count). The van der Waals surface area contributed by atoms with E-state index < -0.39 is 17.6 Å². The van der Waals surface area contributed by atoms with E-state index in [2.05, 4.69) is 16.9 Å². The minimum absolute atomic E-state index is 0.344. The van der Waals surface area contributed by atoms with Crippen LogP contribution in [0.25, 0.3) is 0 Å². The van der Waals surface area contributed by atoms with Crippen molar-refractivity contribution in [3.05, 3.63) is 17.2 Å². The molecule has 0 saturated heterocycles. The molecule has 0 radical (unpaired) electrons. The normalized spacial score (nSPS) is 10.4. The average molecular weight is 240 g/mol.